The first kappa shape index (κ1) is 19.4. The summed E-state index contributed by atoms with van der Waals surface area (Å²) >= 11 is 0. The van der Waals surface area contributed by atoms with Crippen LogP contribution in [0.3, 0.4) is 0 Å². The molecule has 0 heterocycles. The van der Waals surface area contributed by atoms with E-state index in [0.29, 0.717) is 11.3 Å². The smallest absolute Gasteiger partial charge is 0.343 e. The molecule has 0 aliphatic rings. The zero-order valence-corrected chi connectivity index (χ0v) is 14.8. The highest BCUT2D eigenvalue weighted by molar-refractivity contribution is 5.92. The summed E-state index contributed by atoms with van der Waals surface area (Å²) < 4.78 is 5.15. The highest BCUT2D eigenvalue weighted by atomic mass is 16.6. The molecule has 0 unspecified atom stereocenters. The molecule has 3 rings (SSSR count). The van der Waals surface area contributed by atoms with Crippen molar-refractivity contribution in [1.82, 2.24) is 0 Å². The molecule has 0 bridgehead atoms. The molecule has 0 aromatic heterocycles. The Morgan fingerprint density at radius 3 is 2.34 bits per heavy atom. The zero-order valence-electron chi connectivity index (χ0n) is 14.8. The van der Waals surface area contributed by atoms with Crippen LogP contribution in [-0.4, -0.2) is 22.0 Å². The lowest BCUT2D eigenvalue weighted by molar-refractivity contribution is -0.385. The SMILES string of the molecule is O=C(Oc1ccc(C=Nc2cccc([N+](=O)[O-])c2)cc1[N+](=O)[O-])c1ccccc1. The third kappa shape index (κ3) is 4.86. The summed E-state index contributed by atoms with van der Waals surface area (Å²) in [4.78, 5) is 37.2. The molecule has 9 heteroatoms. The summed E-state index contributed by atoms with van der Waals surface area (Å²) in [6, 6.07) is 17.8. The van der Waals surface area contributed by atoms with E-state index < -0.39 is 21.5 Å². The molecular formula is C20H13N3O6. The van der Waals surface area contributed by atoms with Gasteiger partial charge in [0.15, 0.2) is 0 Å². The second-order valence-corrected chi connectivity index (χ2v) is 5.77. The quantitative estimate of drug-likeness (QED) is 0.201. The predicted molar refractivity (Wildman–Crippen MR) is 105 cm³/mol. The summed E-state index contributed by atoms with van der Waals surface area (Å²) in [6.45, 7) is 0. The monoisotopic (exact) mass is 391 g/mol. The zero-order chi connectivity index (χ0) is 20.8. The van der Waals surface area contributed by atoms with Gasteiger partial charge in [0.05, 0.1) is 21.1 Å². The number of nitro benzene ring substituents is 2. The van der Waals surface area contributed by atoms with Crippen molar-refractivity contribution >= 4 is 29.2 Å². The number of nitro groups is 2. The lowest BCUT2D eigenvalue weighted by Crippen LogP contribution is -2.09. The molecule has 0 atom stereocenters. The molecule has 0 aliphatic carbocycles. The van der Waals surface area contributed by atoms with Gasteiger partial charge in [0.1, 0.15) is 0 Å². The minimum absolute atomic E-state index is 0.117. The maximum absolute atomic E-state index is 12.1. The lowest BCUT2D eigenvalue weighted by Gasteiger charge is -2.05. The van der Waals surface area contributed by atoms with Crippen LogP contribution in [0.2, 0.25) is 0 Å². The minimum Gasteiger partial charge on any atom is -0.416 e. The molecule has 29 heavy (non-hydrogen) atoms. The van der Waals surface area contributed by atoms with Crippen molar-refractivity contribution in [3.63, 3.8) is 0 Å². The van der Waals surface area contributed by atoms with Gasteiger partial charge in [-0.15, -0.1) is 0 Å². The summed E-state index contributed by atoms with van der Waals surface area (Å²) in [5, 5.41) is 22.2. The summed E-state index contributed by atoms with van der Waals surface area (Å²) in [7, 11) is 0. The number of benzene rings is 3. The molecule has 0 saturated carbocycles. The fourth-order valence-electron chi connectivity index (χ4n) is 2.41. The fraction of sp³-hybridized carbons (Fsp3) is 0. The van der Waals surface area contributed by atoms with Gasteiger partial charge in [0.2, 0.25) is 5.75 Å². The molecule has 0 radical (unpaired) electrons. The molecule has 0 spiro atoms. The maximum atomic E-state index is 12.1. The maximum Gasteiger partial charge on any atom is 0.343 e. The molecule has 3 aromatic carbocycles. The molecule has 0 amide bonds. The highest BCUT2D eigenvalue weighted by Gasteiger charge is 2.19. The van der Waals surface area contributed by atoms with Crippen LogP contribution in [0.25, 0.3) is 0 Å². The van der Waals surface area contributed by atoms with Crippen LogP contribution >= 0.6 is 0 Å². The van der Waals surface area contributed by atoms with Crippen molar-refractivity contribution in [3.8, 4) is 5.75 Å². The lowest BCUT2D eigenvalue weighted by atomic mass is 10.2. The molecular weight excluding hydrogens is 378 g/mol. The molecule has 0 saturated heterocycles. The minimum atomic E-state index is -0.716. The van der Waals surface area contributed by atoms with Crippen LogP contribution in [0.15, 0.2) is 77.8 Å². The predicted octanol–water partition coefficient (Wildman–Crippen LogP) is 4.47. The second kappa shape index (κ2) is 8.53. The Morgan fingerprint density at radius 2 is 1.66 bits per heavy atom. The molecule has 9 nitrogen and oxygen atoms in total. The van der Waals surface area contributed by atoms with Gasteiger partial charge in [-0.05, 0) is 35.9 Å². The van der Waals surface area contributed by atoms with Gasteiger partial charge in [-0.25, -0.2) is 4.79 Å². The summed E-state index contributed by atoms with van der Waals surface area (Å²) in [5.41, 5.74) is 0.424. The Hall–Kier alpha value is -4.40. The average Bonchev–Trinajstić information content (AvgIpc) is 2.73. The number of non-ortho nitro benzene ring substituents is 1. The van der Waals surface area contributed by atoms with E-state index >= 15 is 0 Å². The first-order valence-corrected chi connectivity index (χ1v) is 8.28. The molecule has 0 fully saturated rings. The van der Waals surface area contributed by atoms with E-state index in [2.05, 4.69) is 4.99 Å². The van der Waals surface area contributed by atoms with Gasteiger partial charge in [0.25, 0.3) is 5.69 Å². The van der Waals surface area contributed by atoms with E-state index in [-0.39, 0.29) is 17.0 Å². The van der Waals surface area contributed by atoms with Gasteiger partial charge in [-0.2, -0.15) is 0 Å². The number of nitrogens with zero attached hydrogens (tertiary/aromatic N) is 3. The fourth-order valence-corrected chi connectivity index (χ4v) is 2.41. The average molecular weight is 391 g/mol. The first-order valence-electron chi connectivity index (χ1n) is 8.28. The van der Waals surface area contributed by atoms with Crippen LogP contribution < -0.4 is 4.74 Å². The van der Waals surface area contributed by atoms with E-state index in [4.69, 9.17) is 4.74 Å². The van der Waals surface area contributed by atoms with Gasteiger partial charge in [-0.1, -0.05) is 24.3 Å². The number of carbonyl (C=O) groups excluding carboxylic acids is 1. The third-order valence-electron chi connectivity index (χ3n) is 3.80. The van der Waals surface area contributed by atoms with Crippen LogP contribution in [0.4, 0.5) is 17.1 Å². The molecule has 3 aromatic rings. The van der Waals surface area contributed by atoms with Gasteiger partial charge < -0.3 is 4.74 Å². The van der Waals surface area contributed by atoms with Crippen molar-refractivity contribution < 1.29 is 19.4 Å². The van der Waals surface area contributed by atoms with Crippen molar-refractivity contribution in [2.45, 2.75) is 0 Å². The Balaban J connectivity index is 1.84. The number of esters is 1. The number of aliphatic imine (C=N–C) groups is 1. The third-order valence-corrected chi connectivity index (χ3v) is 3.80. The van der Waals surface area contributed by atoms with E-state index in [1.165, 1.54) is 54.7 Å². The number of hydrogen-bond acceptors (Lipinski definition) is 7. The summed E-state index contributed by atoms with van der Waals surface area (Å²) in [5.74, 6) is -0.914. The Kier molecular flexibility index (Phi) is 5.69. The van der Waals surface area contributed by atoms with E-state index in [1.54, 1.807) is 24.3 Å². The van der Waals surface area contributed by atoms with Crippen molar-refractivity contribution in [2.24, 2.45) is 4.99 Å². The largest absolute Gasteiger partial charge is 0.416 e. The van der Waals surface area contributed by atoms with Gasteiger partial charge in [-0.3, -0.25) is 25.2 Å². The van der Waals surface area contributed by atoms with Crippen LogP contribution in [0.5, 0.6) is 5.75 Å². The first-order chi connectivity index (χ1) is 13.9. The van der Waals surface area contributed by atoms with Crippen LogP contribution in [0, 0.1) is 20.2 Å². The standard InChI is InChI=1S/C20H13N3O6/c24-20(15-5-2-1-3-6-15)29-19-10-9-14(11-18(19)23(27)28)13-21-16-7-4-8-17(12-16)22(25)26/h1-13H. The normalized spacial score (nSPS) is 10.6. The Labute approximate surface area is 164 Å². The Morgan fingerprint density at radius 1 is 0.897 bits per heavy atom. The van der Waals surface area contributed by atoms with Crippen LogP contribution in [-0.2, 0) is 0 Å². The number of rotatable bonds is 6. The van der Waals surface area contributed by atoms with Gasteiger partial charge >= 0.3 is 11.7 Å². The second-order valence-electron chi connectivity index (χ2n) is 5.77. The number of ether oxygens (including phenoxy) is 1. The highest BCUT2D eigenvalue weighted by Crippen LogP contribution is 2.29. The Bertz CT molecular complexity index is 1110. The summed E-state index contributed by atoms with van der Waals surface area (Å²) in [6.07, 6.45) is 1.33. The van der Waals surface area contributed by atoms with Crippen molar-refractivity contribution in [2.75, 3.05) is 0 Å². The number of hydrogen-bond donors (Lipinski definition) is 0. The van der Waals surface area contributed by atoms with E-state index in [0.717, 1.165) is 0 Å². The van der Waals surface area contributed by atoms with Crippen molar-refractivity contribution in [1.29, 1.82) is 0 Å². The van der Waals surface area contributed by atoms with E-state index in [9.17, 15) is 25.0 Å². The molecule has 144 valence electrons. The van der Waals surface area contributed by atoms with E-state index in [1.807, 2.05) is 0 Å². The van der Waals surface area contributed by atoms with Crippen LogP contribution in [0.1, 0.15) is 15.9 Å². The molecule has 0 N–H and O–H groups in total. The number of carbonyl (C=O) groups is 1. The van der Waals surface area contributed by atoms with Gasteiger partial charge in [0, 0.05) is 24.4 Å². The van der Waals surface area contributed by atoms with Crippen molar-refractivity contribution in [3.05, 3.63) is 104 Å². The topological polar surface area (TPSA) is 125 Å². The molecule has 0 aliphatic heterocycles.